The number of carboxylic acids is 2. The number of benzene rings is 1. The molecule has 0 aliphatic carbocycles. The van der Waals surface area contributed by atoms with Gasteiger partial charge in [0.1, 0.15) is 12.4 Å². The Hall–Kier alpha value is -2.77. The fraction of sp³-hybridized carbons (Fsp3) is 0.300. The minimum atomic E-state index is -1.26. The largest absolute Gasteiger partial charge is 0.488 e. The predicted molar refractivity (Wildman–Crippen MR) is 104 cm³/mol. The molecule has 1 aromatic heterocycles. The van der Waals surface area contributed by atoms with Gasteiger partial charge in [-0.3, -0.25) is 0 Å². The predicted octanol–water partition coefficient (Wildman–Crippen LogP) is 3.25. The first-order chi connectivity index (χ1) is 13.4. The molecule has 2 N–H and O–H groups in total. The molecule has 0 saturated heterocycles. The molecule has 0 amide bonds. The third kappa shape index (κ3) is 6.75. The van der Waals surface area contributed by atoms with Crippen molar-refractivity contribution in [2.45, 2.75) is 19.4 Å². The Morgan fingerprint density at radius 3 is 2.36 bits per heavy atom. The van der Waals surface area contributed by atoms with Crippen molar-refractivity contribution < 1.29 is 29.0 Å². The molecule has 0 saturated carbocycles. The Morgan fingerprint density at radius 1 is 1.14 bits per heavy atom. The molecular weight excluding hydrogens is 386 g/mol. The summed E-state index contributed by atoms with van der Waals surface area (Å²) in [5.74, 6) is -1.57. The second kappa shape index (κ2) is 10.5. The van der Waals surface area contributed by atoms with E-state index in [0.29, 0.717) is 18.8 Å². The minimum Gasteiger partial charge on any atom is -0.488 e. The zero-order chi connectivity index (χ0) is 20.5. The molecule has 0 fully saturated rings. The number of carboxylic acid groups (broad SMARTS) is 2. The van der Waals surface area contributed by atoms with E-state index in [2.05, 4.69) is 11.9 Å². The molecule has 0 bridgehead atoms. The first kappa shape index (κ1) is 21.5. The summed E-state index contributed by atoms with van der Waals surface area (Å²) in [4.78, 5) is 21.4. The van der Waals surface area contributed by atoms with Gasteiger partial charge in [-0.1, -0.05) is 11.6 Å². The lowest BCUT2D eigenvalue weighted by molar-refractivity contribution is -0.134. The van der Waals surface area contributed by atoms with Gasteiger partial charge in [-0.25, -0.2) is 9.59 Å². The van der Waals surface area contributed by atoms with E-state index in [9.17, 15) is 9.59 Å². The number of likely N-dealkylation sites (N-methyl/N-ethyl adjacent to an activating group) is 1. The Balaban J connectivity index is 0.000000300. The third-order valence-corrected chi connectivity index (χ3v) is 4.52. The lowest BCUT2D eigenvalue weighted by Gasteiger charge is -2.14. The maximum atomic E-state index is 9.55. The van der Waals surface area contributed by atoms with Gasteiger partial charge in [0, 0.05) is 41.4 Å². The van der Waals surface area contributed by atoms with Crippen LogP contribution >= 0.6 is 11.6 Å². The Bertz CT molecular complexity index is 815. The number of ether oxygens (including phenoxy) is 1. The highest BCUT2D eigenvalue weighted by Crippen LogP contribution is 2.32. The monoisotopic (exact) mass is 407 g/mol. The number of furan rings is 1. The second-order valence-electron chi connectivity index (χ2n) is 6.24. The van der Waals surface area contributed by atoms with Gasteiger partial charge in [-0.2, -0.15) is 0 Å². The zero-order valence-electron chi connectivity index (χ0n) is 15.4. The van der Waals surface area contributed by atoms with E-state index in [4.69, 9.17) is 31.0 Å². The van der Waals surface area contributed by atoms with Crippen LogP contribution in [0.3, 0.4) is 0 Å². The lowest BCUT2D eigenvalue weighted by atomic mass is 10.0. The van der Waals surface area contributed by atoms with Gasteiger partial charge in [0.15, 0.2) is 0 Å². The van der Waals surface area contributed by atoms with E-state index in [1.165, 1.54) is 11.1 Å². The SMILES string of the molecule is CN1CCc2c(Cl)ccc(OCc3ccoc3)c2CC1.O=C(O)/C=C\C(=O)O. The molecule has 28 heavy (non-hydrogen) atoms. The summed E-state index contributed by atoms with van der Waals surface area (Å²) in [6.07, 6.45) is 6.45. The van der Waals surface area contributed by atoms with Gasteiger partial charge in [-0.15, -0.1) is 0 Å². The van der Waals surface area contributed by atoms with Crippen molar-refractivity contribution in [1.29, 1.82) is 0 Å². The van der Waals surface area contributed by atoms with Crippen LogP contribution in [0.2, 0.25) is 5.02 Å². The van der Waals surface area contributed by atoms with E-state index in [-0.39, 0.29) is 0 Å². The molecule has 1 aromatic carbocycles. The molecule has 0 unspecified atom stereocenters. The van der Waals surface area contributed by atoms with Crippen molar-refractivity contribution in [3.8, 4) is 5.75 Å². The van der Waals surface area contributed by atoms with Crippen molar-refractivity contribution in [1.82, 2.24) is 4.90 Å². The van der Waals surface area contributed by atoms with Crippen LogP contribution in [0.4, 0.5) is 0 Å². The summed E-state index contributed by atoms with van der Waals surface area (Å²) >= 11 is 6.35. The molecule has 1 aliphatic heterocycles. The molecule has 2 heterocycles. The smallest absolute Gasteiger partial charge is 0.328 e. The number of hydrogen-bond acceptors (Lipinski definition) is 5. The van der Waals surface area contributed by atoms with Gasteiger partial charge >= 0.3 is 11.9 Å². The van der Waals surface area contributed by atoms with Crippen LogP contribution in [0, 0.1) is 0 Å². The quantitative estimate of drug-likeness (QED) is 0.733. The van der Waals surface area contributed by atoms with Gasteiger partial charge in [0.05, 0.1) is 12.5 Å². The van der Waals surface area contributed by atoms with E-state index < -0.39 is 11.9 Å². The average Bonchev–Trinajstić information content (AvgIpc) is 3.09. The number of aliphatic carboxylic acids is 2. The highest BCUT2D eigenvalue weighted by Gasteiger charge is 2.18. The first-order valence-corrected chi connectivity index (χ1v) is 9.01. The molecule has 7 nitrogen and oxygen atoms in total. The van der Waals surface area contributed by atoms with Crippen molar-refractivity contribution in [2.24, 2.45) is 0 Å². The third-order valence-electron chi connectivity index (χ3n) is 4.16. The average molecular weight is 408 g/mol. The maximum Gasteiger partial charge on any atom is 0.328 e. The number of hydrogen-bond donors (Lipinski definition) is 2. The first-order valence-electron chi connectivity index (χ1n) is 8.63. The maximum absolute atomic E-state index is 9.55. The highest BCUT2D eigenvalue weighted by molar-refractivity contribution is 6.31. The Morgan fingerprint density at radius 2 is 1.79 bits per heavy atom. The van der Waals surface area contributed by atoms with Crippen molar-refractivity contribution in [2.75, 3.05) is 20.1 Å². The number of carbonyl (C=O) groups is 2. The number of halogens is 1. The molecule has 150 valence electrons. The van der Waals surface area contributed by atoms with Crippen LogP contribution in [-0.2, 0) is 29.0 Å². The van der Waals surface area contributed by atoms with Crippen LogP contribution < -0.4 is 4.74 Å². The number of rotatable bonds is 5. The molecule has 0 atom stereocenters. The molecular formula is C20H22ClNO6. The summed E-state index contributed by atoms with van der Waals surface area (Å²) < 4.78 is 11.0. The van der Waals surface area contributed by atoms with Crippen LogP contribution in [-0.4, -0.2) is 47.2 Å². The number of fused-ring (bicyclic) bond motifs is 1. The van der Waals surface area contributed by atoms with E-state index in [1.54, 1.807) is 12.5 Å². The number of nitrogens with zero attached hydrogens (tertiary/aromatic N) is 1. The minimum absolute atomic E-state index is 0.528. The fourth-order valence-electron chi connectivity index (χ4n) is 2.72. The summed E-state index contributed by atoms with van der Waals surface area (Å²) in [5, 5.41) is 16.5. The van der Waals surface area contributed by atoms with Crippen LogP contribution in [0.5, 0.6) is 5.75 Å². The summed E-state index contributed by atoms with van der Waals surface area (Å²) in [7, 11) is 2.14. The molecule has 0 radical (unpaired) electrons. The van der Waals surface area contributed by atoms with Crippen molar-refractivity contribution >= 4 is 23.5 Å². The zero-order valence-corrected chi connectivity index (χ0v) is 16.2. The van der Waals surface area contributed by atoms with E-state index in [1.807, 2.05) is 18.2 Å². The summed E-state index contributed by atoms with van der Waals surface area (Å²) in [6.45, 7) is 2.60. The van der Waals surface area contributed by atoms with Gasteiger partial charge < -0.3 is 24.3 Å². The van der Waals surface area contributed by atoms with Crippen LogP contribution in [0.25, 0.3) is 0 Å². The molecule has 3 rings (SSSR count). The lowest BCUT2D eigenvalue weighted by Crippen LogP contribution is -2.20. The standard InChI is InChI=1S/C16H18ClNO2.C4H4O4/c1-18-7-4-13-14(5-8-18)16(3-2-15(13)17)20-11-12-6-9-19-10-12;5-3(6)1-2-4(7)8/h2-3,6,9-10H,4-5,7-8,11H2,1H3;1-2H,(H,5,6)(H,7,8)/b;2-1-. The topological polar surface area (TPSA) is 100 Å². The van der Waals surface area contributed by atoms with E-state index >= 15 is 0 Å². The van der Waals surface area contributed by atoms with Crippen LogP contribution in [0.15, 0.2) is 47.3 Å². The van der Waals surface area contributed by atoms with Gasteiger partial charge in [0.25, 0.3) is 0 Å². The molecule has 2 aromatic rings. The highest BCUT2D eigenvalue weighted by atomic mass is 35.5. The Labute approximate surface area is 167 Å². The summed E-state index contributed by atoms with van der Waals surface area (Å²) in [6, 6.07) is 5.84. The molecule has 1 aliphatic rings. The van der Waals surface area contributed by atoms with Gasteiger partial charge in [0.2, 0.25) is 0 Å². The fourth-order valence-corrected chi connectivity index (χ4v) is 2.99. The molecule has 8 heteroatoms. The normalized spacial score (nSPS) is 13.9. The second-order valence-corrected chi connectivity index (χ2v) is 6.64. The van der Waals surface area contributed by atoms with Crippen molar-refractivity contribution in [3.05, 3.63) is 64.6 Å². The molecule has 0 spiro atoms. The van der Waals surface area contributed by atoms with Gasteiger partial charge in [-0.05, 0) is 43.7 Å². The van der Waals surface area contributed by atoms with Crippen molar-refractivity contribution in [3.63, 3.8) is 0 Å². The Kier molecular flexibility index (Phi) is 8.10. The van der Waals surface area contributed by atoms with Crippen LogP contribution in [0.1, 0.15) is 16.7 Å². The summed E-state index contributed by atoms with van der Waals surface area (Å²) in [5.41, 5.74) is 3.53. The van der Waals surface area contributed by atoms with E-state index in [0.717, 1.165) is 42.3 Å².